The maximum Gasteiger partial charge on any atom is 0.323 e. The molecule has 0 saturated carbocycles. The number of rotatable bonds is 5. The van der Waals surface area contributed by atoms with E-state index < -0.39 is 23.4 Å². The molecule has 0 bridgehead atoms. The Balaban J connectivity index is 2.12. The highest BCUT2D eigenvalue weighted by Crippen LogP contribution is 2.23. The van der Waals surface area contributed by atoms with Crippen LogP contribution in [0.1, 0.15) is 19.4 Å². The van der Waals surface area contributed by atoms with E-state index in [2.05, 4.69) is 29.4 Å². The summed E-state index contributed by atoms with van der Waals surface area (Å²) in [5, 5.41) is 4.82. The molecule has 2 aromatic carbocycles. The number of anilines is 3. The number of urea groups is 1. The molecule has 2 rings (SSSR count). The van der Waals surface area contributed by atoms with Crippen molar-refractivity contribution >= 4 is 23.1 Å². The first-order valence-corrected chi connectivity index (χ1v) is 7.83. The molecule has 0 atom stereocenters. The molecule has 0 aromatic heterocycles. The van der Waals surface area contributed by atoms with E-state index >= 15 is 0 Å². The van der Waals surface area contributed by atoms with Crippen molar-refractivity contribution in [2.24, 2.45) is 0 Å². The first kappa shape index (κ1) is 17.7. The van der Waals surface area contributed by atoms with Crippen molar-refractivity contribution in [2.45, 2.75) is 20.8 Å². The third-order valence-corrected chi connectivity index (χ3v) is 3.79. The summed E-state index contributed by atoms with van der Waals surface area (Å²) in [6.45, 7) is 7.78. The standard InChI is InChI=1S/C18H21F2N3O/c1-4-23(5-2)13-9-10-16(12(3)11-13)21-18(24)22-17-14(19)7-6-8-15(17)20/h6-11H,4-5H2,1-3H3,(H2,21,22,24). The molecule has 2 N–H and O–H groups in total. The summed E-state index contributed by atoms with van der Waals surface area (Å²) in [5.41, 5.74) is 2.04. The molecule has 0 heterocycles. The SMILES string of the molecule is CCN(CC)c1ccc(NC(=O)Nc2c(F)cccc2F)c(C)c1. The van der Waals surface area contributed by atoms with Crippen LogP contribution in [0.5, 0.6) is 0 Å². The summed E-state index contributed by atoms with van der Waals surface area (Å²) in [6, 6.07) is 8.36. The van der Waals surface area contributed by atoms with Crippen molar-refractivity contribution in [1.82, 2.24) is 0 Å². The van der Waals surface area contributed by atoms with Gasteiger partial charge in [-0.3, -0.25) is 0 Å². The smallest absolute Gasteiger partial charge is 0.323 e. The highest BCUT2D eigenvalue weighted by atomic mass is 19.1. The predicted molar refractivity (Wildman–Crippen MR) is 93.7 cm³/mol. The van der Waals surface area contributed by atoms with Crippen molar-refractivity contribution in [3.05, 3.63) is 53.6 Å². The Morgan fingerprint density at radius 2 is 1.67 bits per heavy atom. The van der Waals surface area contributed by atoms with E-state index in [1.807, 2.05) is 19.1 Å². The van der Waals surface area contributed by atoms with Gasteiger partial charge in [-0.05, 0) is 56.7 Å². The minimum atomic E-state index is -0.821. The molecule has 0 saturated heterocycles. The molecule has 2 aromatic rings. The molecule has 0 unspecified atom stereocenters. The van der Waals surface area contributed by atoms with Crippen LogP contribution < -0.4 is 15.5 Å². The first-order valence-electron chi connectivity index (χ1n) is 7.83. The Hall–Kier alpha value is -2.63. The van der Waals surface area contributed by atoms with Crippen LogP contribution in [-0.2, 0) is 0 Å². The molecule has 128 valence electrons. The van der Waals surface area contributed by atoms with Crippen molar-refractivity contribution in [3.8, 4) is 0 Å². The van der Waals surface area contributed by atoms with Crippen LogP contribution in [0.15, 0.2) is 36.4 Å². The van der Waals surface area contributed by atoms with E-state index in [0.717, 1.165) is 36.5 Å². The van der Waals surface area contributed by atoms with Gasteiger partial charge in [0.25, 0.3) is 0 Å². The second kappa shape index (κ2) is 7.77. The molecule has 4 nitrogen and oxygen atoms in total. The van der Waals surface area contributed by atoms with E-state index in [1.54, 1.807) is 6.07 Å². The fourth-order valence-electron chi connectivity index (χ4n) is 2.46. The average molecular weight is 333 g/mol. The van der Waals surface area contributed by atoms with Crippen LogP contribution in [0.3, 0.4) is 0 Å². The molecular weight excluding hydrogens is 312 g/mol. The van der Waals surface area contributed by atoms with Gasteiger partial charge in [0.15, 0.2) is 0 Å². The molecule has 0 fully saturated rings. The number of nitrogens with zero attached hydrogens (tertiary/aromatic N) is 1. The lowest BCUT2D eigenvalue weighted by molar-refractivity contribution is 0.262. The van der Waals surface area contributed by atoms with E-state index in [9.17, 15) is 13.6 Å². The number of amides is 2. The van der Waals surface area contributed by atoms with Gasteiger partial charge in [-0.2, -0.15) is 0 Å². The maximum absolute atomic E-state index is 13.6. The van der Waals surface area contributed by atoms with E-state index in [0.29, 0.717) is 5.69 Å². The van der Waals surface area contributed by atoms with Gasteiger partial charge >= 0.3 is 6.03 Å². The van der Waals surface area contributed by atoms with Gasteiger partial charge in [-0.25, -0.2) is 13.6 Å². The Bertz CT molecular complexity index is 710. The van der Waals surface area contributed by atoms with Crippen LogP contribution in [0.2, 0.25) is 0 Å². The number of carbonyl (C=O) groups excluding carboxylic acids is 1. The van der Waals surface area contributed by atoms with Gasteiger partial charge in [-0.15, -0.1) is 0 Å². The molecule has 0 radical (unpaired) electrons. The highest BCUT2D eigenvalue weighted by molar-refractivity contribution is 6.00. The zero-order valence-electron chi connectivity index (χ0n) is 14.0. The summed E-state index contributed by atoms with van der Waals surface area (Å²) in [5.74, 6) is -1.64. The van der Waals surface area contributed by atoms with Crippen molar-refractivity contribution in [2.75, 3.05) is 28.6 Å². The lowest BCUT2D eigenvalue weighted by Crippen LogP contribution is -2.23. The van der Waals surface area contributed by atoms with E-state index in [-0.39, 0.29) is 0 Å². The Morgan fingerprint density at radius 1 is 1.04 bits per heavy atom. The third kappa shape index (κ3) is 4.01. The van der Waals surface area contributed by atoms with Crippen LogP contribution in [0, 0.1) is 18.6 Å². The molecule has 0 aliphatic heterocycles. The predicted octanol–water partition coefficient (Wildman–Crippen LogP) is 4.76. The molecule has 0 aliphatic rings. The summed E-state index contributed by atoms with van der Waals surface area (Å²) >= 11 is 0. The number of para-hydroxylation sites is 1. The van der Waals surface area contributed by atoms with Gasteiger partial charge < -0.3 is 15.5 Å². The molecule has 6 heteroatoms. The zero-order valence-corrected chi connectivity index (χ0v) is 14.0. The highest BCUT2D eigenvalue weighted by Gasteiger charge is 2.13. The van der Waals surface area contributed by atoms with Gasteiger partial charge in [-0.1, -0.05) is 6.07 Å². The van der Waals surface area contributed by atoms with Crippen LogP contribution in [0.25, 0.3) is 0 Å². The summed E-state index contributed by atoms with van der Waals surface area (Å²) in [7, 11) is 0. The summed E-state index contributed by atoms with van der Waals surface area (Å²) in [4.78, 5) is 14.2. The van der Waals surface area contributed by atoms with E-state index in [1.165, 1.54) is 6.07 Å². The normalized spacial score (nSPS) is 10.4. The number of hydrogen-bond acceptors (Lipinski definition) is 2. The first-order chi connectivity index (χ1) is 11.5. The monoisotopic (exact) mass is 333 g/mol. The molecule has 2 amide bonds. The zero-order chi connectivity index (χ0) is 17.7. The minimum Gasteiger partial charge on any atom is -0.372 e. The van der Waals surface area contributed by atoms with Gasteiger partial charge in [0.2, 0.25) is 0 Å². The number of benzene rings is 2. The average Bonchev–Trinajstić information content (AvgIpc) is 2.55. The topological polar surface area (TPSA) is 44.4 Å². The van der Waals surface area contributed by atoms with Gasteiger partial charge in [0, 0.05) is 24.5 Å². The van der Waals surface area contributed by atoms with Crippen LogP contribution in [0.4, 0.5) is 30.6 Å². The number of hydrogen-bond donors (Lipinski definition) is 2. The largest absolute Gasteiger partial charge is 0.372 e. The number of halogens is 2. The van der Waals surface area contributed by atoms with Gasteiger partial charge in [0.05, 0.1) is 0 Å². The molecule has 0 spiro atoms. The minimum absolute atomic E-state index is 0.465. The molecule has 24 heavy (non-hydrogen) atoms. The molecule has 0 aliphatic carbocycles. The Labute approximate surface area is 140 Å². The van der Waals surface area contributed by atoms with Gasteiger partial charge in [0.1, 0.15) is 17.3 Å². The lowest BCUT2D eigenvalue weighted by atomic mass is 10.1. The molecular formula is C18H21F2N3O. The Morgan fingerprint density at radius 3 is 2.21 bits per heavy atom. The van der Waals surface area contributed by atoms with Crippen LogP contribution in [-0.4, -0.2) is 19.1 Å². The fraction of sp³-hybridized carbons (Fsp3) is 0.278. The summed E-state index contributed by atoms with van der Waals surface area (Å²) in [6.07, 6.45) is 0. The number of carbonyl (C=O) groups is 1. The third-order valence-electron chi connectivity index (χ3n) is 3.79. The fourth-order valence-corrected chi connectivity index (χ4v) is 2.46. The number of aryl methyl sites for hydroxylation is 1. The lowest BCUT2D eigenvalue weighted by Gasteiger charge is -2.22. The quantitative estimate of drug-likeness (QED) is 0.828. The second-order valence-electron chi connectivity index (χ2n) is 5.35. The van der Waals surface area contributed by atoms with Crippen molar-refractivity contribution in [1.29, 1.82) is 0 Å². The van der Waals surface area contributed by atoms with E-state index in [4.69, 9.17) is 0 Å². The number of nitrogens with one attached hydrogen (secondary N) is 2. The Kier molecular flexibility index (Phi) is 5.73. The summed E-state index contributed by atoms with van der Waals surface area (Å²) < 4.78 is 27.1. The van der Waals surface area contributed by atoms with Crippen LogP contribution >= 0.6 is 0 Å². The maximum atomic E-state index is 13.6. The second-order valence-corrected chi connectivity index (χ2v) is 5.35. The van der Waals surface area contributed by atoms with Crippen molar-refractivity contribution < 1.29 is 13.6 Å². The van der Waals surface area contributed by atoms with Crippen molar-refractivity contribution in [3.63, 3.8) is 0 Å².